The van der Waals surface area contributed by atoms with E-state index >= 15 is 0 Å². The molecule has 2 aliphatic rings. The average molecular weight is 433 g/mol. The molecule has 0 bridgehead atoms. The predicted octanol–water partition coefficient (Wildman–Crippen LogP) is 4.04. The van der Waals surface area contributed by atoms with E-state index in [2.05, 4.69) is 10.1 Å². The van der Waals surface area contributed by atoms with Gasteiger partial charge in [-0.1, -0.05) is 30.1 Å². The average Bonchev–Trinajstić information content (AvgIpc) is 3.50. The third-order valence-electron chi connectivity index (χ3n) is 6.75. The van der Waals surface area contributed by atoms with Gasteiger partial charge in [0.05, 0.1) is 19.1 Å². The van der Waals surface area contributed by atoms with Gasteiger partial charge in [0.25, 0.3) is 5.89 Å². The molecule has 0 radical (unpaired) electrons. The lowest BCUT2D eigenvalue weighted by Gasteiger charge is -2.40. The maximum absolute atomic E-state index is 13.0. The van der Waals surface area contributed by atoms with Crippen molar-refractivity contribution in [2.24, 2.45) is 5.92 Å². The molecule has 7 heteroatoms. The number of pyridine rings is 1. The van der Waals surface area contributed by atoms with Gasteiger partial charge in [-0.05, 0) is 55.0 Å². The summed E-state index contributed by atoms with van der Waals surface area (Å²) in [6, 6.07) is 11.5. The lowest BCUT2D eigenvalue weighted by Crippen LogP contribution is -2.46. The number of benzene rings is 1. The van der Waals surface area contributed by atoms with Gasteiger partial charge in [0.2, 0.25) is 5.91 Å². The zero-order chi connectivity index (χ0) is 22.0. The first-order chi connectivity index (χ1) is 15.6. The van der Waals surface area contributed by atoms with Gasteiger partial charge in [0, 0.05) is 30.9 Å². The molecule has 0 spiro atoms. The minimum Gasteiger partial charge on any atom is -0.497 e. The van der Waals surface area contributed by atoms with Gasteiger partial charge in [0.15, 0.2) is 5.82 Å². The van der Waals surface area contributed by atoms with Crippen LogP contribution in [0.3, 0.4) is 0 Å². The monoisotopic (exact) mass is 432 g/mol. The van der Waals surface area contributed by atoms with Crippen molar-refractivity contribution >= 4 is 5.91 Å². The van der Waals surface area contributed by atoms with E-state index in [4.69, 9.17) is 14.2 Å². The van der Waals surface area contributed by atoms with Crippen molar-refractivity contribution in [2.45, 2.75) is 43.9 Å². The molecule has 3 heterocycles. The number of piperidine rings is 1. The minimum atomic E-state index is -0.127. The van der Waals surface area contributed by atoms with Gasteiger partial charge < -0.3 is 14.2 Å². The molecule has 0 atom stereocenters. The zero-order valence-corrected chi connectivity index (χ0v) is 18.4. The van der Waals surface area contributed by atoms with Crippen LogP contribution in [0.4, 0.5) is 0 Å². The van der Waals surface area contributed by atoms with Crippen molar-refractivity contribution in [1.82, 2.24) is 20.0 Å². The Labute approximate surface area is 187 Å². The van der Waals surface area contributed by atoms with Gasteiger partial charge in [-0.3, -0.25) is 9.78 Å². The lowest BCUT2D eigenvalue weighted by molar-refractivity contribution is -0.132. The molecule has 3 aromatic rings. The van der Waals surface area contributed by atoms with E-state index in [9.17, 15) is 4.79 Å². The maximum atomic E-state index is 13.0. The number of amides is 1. The fraction of sp³-hybridized carbons (Fsp3) is 0.440. The van der Waals surface area contributed by atoms with Crippen LogP contribution in [0.25, 0.3) is 11.5 Å². The third-order valence-corrected chi connectivity index (χ3v) is 6.75. The van der Waals surface area contributed by atoms with Crippen molar-refractivity contribution in [3.63, 3.8) is 0 Å². The summed E-state index contributed by atoms with van der Waals surface area (Å²) < 4.78 is 10.9. The summed E-state index contributed by atoms with van der Waals surface area (Å²) in [7, 11) is 1.64. The van der Waals surface area contributed by atoms with Crippen LogP contribution in [-0.4, -0.2) is 46.1 Å². The number of likely N-dealkylation sites (tertiary alicyclic amines) is 1. The highest BCUT2D eigenvalue weighted by atomic mass is 16.5. The van der Waals surface area contributed by atoms with E-state index < -0.39 is 0 Å². The number of carbonyl (C=O) groups is 1. The number of nitrogens with zero attached hydrogens (tertiary/aromatic N) is 4. The second-order valence-electron chi connectivity index (χ2n) is 9.00. The van der Waals surface area contributed by atoms with Crippen LogP contribution >= 0.6 is 0 Å². The molecule has 0 unspecified atom stereocenters. The molecule has 1 saturated carbocycles. The summed E-state index contributed by atoms with van der Waals surface area (Å²) in [5.74, 6) is 2.96. The normalized spacial score (nSPS) is 17.8. The van der Waals surface area contributed by atoms with E-state index in [-0.39, 0.29) is 11.3 Å². The topological polar surface area (TPSA) is 81.4 Å². The van der Waals surface area contributed by atoms with Crippen molar-refractivity contribution < 1.29 is 14.1 Å². The van der Waals surface area contributed by atoms with Crippen molar-refractivity contribution in [2.75, 3.05) is 20.2 Å². The number of ether oxygens (including phenoxy) is 1. The Morgan fingerprint density at radius 3 is 2.78 bits per heavy atom. The molecule has 2 aromatic heterocycles. The molecule has 1 saturated heterocycles. The summed E-state index contributed by atoms with van der Waals surface area (Å²) in [6.45, 7) is 1.43. The van der Waals surface area contributed by atoms with Gasteiger partial charge in [-0.2, -0.15) is 4.98 Å². The predicted molar refractivity (Wildman–Crippen MR) is 119 cm³/mol. The Morgan fingerprint density at radius 2 is 2.06 bits per heavy atom. The molecule has 1 amide bonds. The van der Waals surface area contributed by atoms with E-state index in [1.54, 1.807) is 19.5 Å². The summed E-state index contributed by atoms with van der Waals surface area (Å²) in [6.07, 6.45) is 9.19. The van der Waals surface area contributed by atoms with E-state index in [1.807, 2.05) is 41.3 Å². The molecule has 7 nitrogen and oxygen atoms in total. The van der Waals surface area contributed by atoms with Crippen LogP contribution in [0.2, 0.25) is 0 Å². The SMILES string of the molecule is COc1cccc(CC(=O)N2CCC(CC3CC3)(c3noc(-c4cccnc4)n3)CC2)c1. The molecule has 0 N–H and O–H groups in total. The number of rotatable bonds is 7. The van der Waals surface area contributed by atoms with Crippen molar-refractivity contribution in [3.8, 4) is 17.2 Å². The van der Waals surface area contributed by atoms with E-state index in [0.717, 1.165) is 47.9 Å². The maximum Gasteiger partial charge on any atom is 0.259 e. The Morgan fingerprint density at radius 1 is 1.22 bits per heavy atom. The van der Waals surface area contributed by atoms with Crippen LogP contribution in [0, 0.1) is 5.92 Å². The Balaban J connectivity index is 1.29. The second-order valence-corrected chi connectivity index (χ2v) is 9.00. The smallest absolute Gasteiger partial charge is 0.259 e. The zero-order valence-electron chi connectivity index (χ0n) is 18.4. The lowest BCUT2D eigenvalue weighted by atomic mass is 9.73. The summed E-state index contributed by atoms with van der Waals surface area (Å²) in [5.41, 5.74) is 1.68. The van der Waals surface area contributed by atoms with Crippen molar-refractivity contribution in [1.29, 1.82) is 0 Å². The van der Waals surface area contributed by atoms with Crippen LogP contribution in [-0.2, 0) is 16.6 Å². The molecule has 1 aliphatic carbocycles. The molecule has 5 rings (SSSR count). The fourth-order valence-corrected chi connectivity index (χ4v) is 4.69. The minimum absolute atomic E-state index is 0.127. The highest BCUT2D eigenvalue weighted by molar-refractivity contribution is 5.79. The largest absolute Gasteiger partial charge is 0.497 e. The van der Waals surface area contributed by atoms with Gasteiger partial charge in [-0.15, -0.1) is 0 Å². The van der Waals surface area contributed by atoms with E-state index in [0.29, 0.717) is 25.4 Å². The Kier molecular flexibility index (Phi) is 5.64. The first-order valence-electron chi connectivity index (χ1n) is 11.3. The summed E-state index contributed by atoms with van der Waals surface area (Å²) in [5, 5.41) is 4.39. The van der Waals surface area contributed by atoms with E-state index in [1.165, 1.54) is 12.8 Å². The quantitative estimate of drug-likeness (QED) is 0.560. The third kappa shape index (κ3) is 4.38. The summed E-state index contributed by atoms with van der Waals surface area (Å²) >= 11 is 0. The van der Waals surface area contributed by atoms with Crippen LogP contribution < -0.4 is 4.74 Å². The Bertz CT molecular complexity index is 1070. The van der Waals surface area contributed by atoms with Crippen LogP contribution in [0.5, 0.6) is 5.75 Å². The summed E-state index contributed by atoms with van der Waals surface area (Å²) in [4.78, 5) is 23.9. The number of aromatic nitrogens is 3. The molecule has 32 heavy (non-hydrogen) atoms. The fourth-order valence-electron chi connectivity index (χ4n) is 4.69. The highest BCUT2D eigenvalue weighted by Crippen LogP contribution is 2.46. The number of hydrogen-bond donors (Lipinski definition) is 0. The van der Waals surface area contributed by atoms with Crippen LogP contribution in [0.1, 0.15) is 43.5 Å². The molecule has 2 fully saturated rings. The second kappa shape index (κ2) is 8.73. The Hall–Kier alpha value is -3.22. The highest BCUT2D eigenvalue weighted by Gasteiger charge is 2.44. The first kappa shape index (κ1) is 20.7. The molecule has 1 aromatic carbocycles. The van der Waals surface area contributed by atoms with Gasteiger partial charge >= 0.3 is 0 Å². The number of methoxy groups -OCH3 is 1. The number of hydrogen-bond acceptors (Lipinski definition) is 6. The molecule has 1 aliphatic heterocycles. The van der Waals surface area contributed by atoms with Crippen molar-refractivity contribution in [3.05, 3.63) is 60.2 Å². The molecular formula is C25H28N4O3. The molecule has 166 valence electrons. The number of carbonyl (C=O) groups excluding carboxylic acids is 1. The van der Waals surface area contributed by atoms with Crippen LogP contribution in [0.15, 0.2) is 53.3 Å². The first-order valence-corrected chi connectivity index (χ1v) is 11.3. The molecular weight excluding hydrogens is 404 g/mol. The standard InChI is InChI=1S/C25H28N4O3/c1-31-21-6-2-4-19(14-21)15-22(30)29-12-9-25(10-13-29,16-18-7-8-18)24-27-23(32-28-24)20-5-3-11-26-17-20/h2-6,11,14,17-18H,7-10,12-13,15-16H2,1H3. The van der Waals surface area contributed by atoms with Gasteiger partial charge in [0.1, 0.15) is 5.75 Å². The van der Waals surface area contributed by atoms with Gasteiger partial charge in [-0.25, -0.2) is 0 Å².